The van der Waals surface area contributed by atoms with Gasteiger partial charge in [-0.3, -0.25) is 0 Å². The lowest BCUT2D eigenvalue weighted by atomic mass is 10.1. The van der Waals surface area contributed by atoms with E-state index in [1.807, 2.05) is 12.1 Å². The molecule has 0 amide bonds. The molecule has 1 aromatic heterocycles. The second-order valence-electron chi connectivity index (χ2n) is 5.91. The molecular weight excluding hydrogens is 290 g/mol. The van der Waals surface area contributed by atoms with E-state index in [1.165, 1.54) is 11.1 Å². The smallest absolute Gasteiger partial charge is 0.129 e. The Hall–Kier alpha value is -2.14. The topological polar surface area (TPSA) is 56.3 Å². The van der Waals surface area contributed by atoms with Gasteiger partial charge >= 0.3 is 0 Å². The molecular formula is C18H23N3O2. The Labute approximate surface area is 137 Å². The average Bonchev–Trinajstić information content (AvgIpc) is 3.10. The number of aryl methyl sites for hydroxylation is 2. The van der Waals surface area contributed by atoms with Crippen molar-refractivity contribution in [2.45, 2.75) is 26.2 Å². The minimum absolute atomic E-state index is 0.394. The molecule has 1 aliphatic rings. The van der Waals surface area contributed by atoms with Crippen LogP contribution in [0.2, 0.25) is 0 Å². The van der Waals surface area contributed by atoms with Gasteiger partial charge < -0.3 is 14.8 Å². The maximum absolute atomic E-state index is 5.77. The van der Waals surface area contributed by atoms with Crippen LogP contribution in [0, 0.1) is 13.8 Å². The molecule has 1 aromatic carbocycles. The van der Waals surface area contributed by atoms with Crippen LogP contribution < -0.4 is 10.1 Å². The van der Waals surface area contributed by atoms with Crippen molar-refractivity contribution < 1.29 is 9.47 Å². The van der Waals surface area contributed by atoms with E-state index < -0.39 is 0 Å². The van der Waals surface area contributed by atoms with Crippen molar-refractivity contribution in [1.29, 1.82) is 0 Å². The van der Waals surface area contributed by atoms with Crippen molar-refractivity contribution in [1.82, 2.24) is 9.97 Å². The summed E-state index contributed by atoms with van der Waals surface area (Å²) in [5.41, 5.74) is 3.57. The van der Waals surface area contributed by atoms with Crippen molar-refractivity contribution in [2.24, 2.45) is 0 Å². The van der Waals surface area contributed by atoms with Gasteiger partial charge in [-0.05, 0) is 43.5 Å². The van der Waals surface area contributed by atoms with E-state index in [-0.39, 0.29) is 0 Å². The van der Waals surface area contributed by atoms with Crippen LogP contribution in [0.5, 0.6) is 5.75 Å². The van der Waals surface area contributed by atoms with E-state index >= 15 is 0 Å². The zero-order valence-corrected chi connectivity index (χ0v) is 13.7. The highest BCUT2D eigenvalue weighted by Gasteiger charge is 2.19. The van der Waals surface area contributed by atoms with Crippen LogP contribution in [0.1, 0.15) is 29.2 Å². The van der Waals surface area contributed by atoms with Gasteiger partial charge in [-0.25, -0.2) is 9.97 Å². The second-order valence-corrected chi connectivity index (χ2v) is 5.91. The Balaban J connectivity index is 1.48. The number of rotatable bonds is 6. The fourth-order valence-corrected chi connectivity index (χ4v) is 2.61. The average molecular weight is 313 g/mol. The zero-order valence-electron chi connectivity index (χ0n) is 13.7. The van der Waals surface area contributed by atoms with Crippen LogP contribution in [0.4, 0.5) is 5.82 Å². The molecule has 122 valence electrons. The van der Waals surface area contributed by atoms with E-state index in [1.54, 1.807) is 6.33 Å². The van der Waals surface area contributed by atoms with Crippen LogP contribution in [0.15, 0.2) is 30.6 Å². The first-order valence-corrected chi connectivity index (χ1v) is 8.06. The van der Waals surface area contributed by atoms with E-state index in [0.29, 0.717) is 19.1 Å². The Morgan fingerprint density at radius 2 is 2.13 bits per heavy atom. The molecule has 1 N–H and O–H groups in total. The molecule has 1 atom stereocenters. The molecule has 0 bridgehead atoms. The maximum Gasteiger partial charge on any atom is 0.129 e. The third-order valence-corrected chi connectivity index (χ3v) is 4.19. The maximum atomic E-state index is 5.77. The van der Waals surface area contributed by atoms with E-state index in [2.05, 4.69) is 41.3 Å². The van der Waals surface area contributed by atoms with Crippen LogP contribution in [-0.4, -0.2) is 36.3 Å². The summed E-state index contributed by atoms with van der Waals surface area (Å²) in [7, 11) is 0. The standard InChI is InChI=1S/C18H23N3O2/c1-13-3-4-16(9-14(13)2)23-8-6-19-18-10-17(20-12-21-18)15-5-7-22-11-15/h3-4,9-10,12,15H,5-8,11H2,1-2H3,(H,19,20,21)/t15-/m1/s1. The van der Waals surface area contributed by atoms with E-state index in [4.69, 9.17) is 9.47 Å². The SMILES string of the molecule is Cc1ccc(OCCNc2cc([C@@H]3CCOC3)ncn2)cc1C. The minimum atomic E-state index is 0.394. The first-order chi connectivity index (χ1) is 11.2. The molecule has 2 heterocycles. The molecule has 3 rings (SSSR count). The summed E-state index contributed by atoms with van der Waals surface area (Å²) in [4.78, 5) is 8.62. The van der Waals surface area contributed by atoms with Crippen LogP contribution >= 0.6 is 0 Å². The van der Waals surface area contributed by atoms with Crippen molar-refractivity contribution in [2.75, 3.05) is 31.7 Å². The first-order valence-electron chi connectivity index (χ1n) is 8.06. The van der Waals surface area contributed by atoms with Gasteiger partial charge in [0, 0.05) is 18.6 Å². The Morgan fingerprint density at radius 1 is 1.22 bits per heavy atom. The summed E-state index contributed by atoms with van der Waals surface area (Å²) in [6, 6.07) is 8.16. The van der Waals surface area contributed by atoms with Gasteiger partial charge in [-0.2, -0.15) is 0 Å². The van der Waals surface area contributed by atoms with Gasteiger partial charge in [-0.15, -0.1) is 0 Å². The molecule has 0 unspecified atom stereocenters. The number of anilines is 1. The largest absolute Gasteiger partial charge is 0.492 e. The van der Waals surface area contributed by atoms with Crippen molar-refractivity contribution in [3.63, 3.8) is 0 Å². The van der Waals surface area contributed by atoms with Crippen LogP contribution in [-0.2, 0) is 4.74 Å². The molecule has 5 nitrogen and oxygen atoms in total. The van der Waals surface area contributed by atoms with Gasteiger partial charge in [0.2, 0.25) is 0 Å². The minimum Gasteiger partial charge on any atom is -0.492 e. The third-order valence-electron chi connectivity index (χ3n) is 4.19. The van der Waals surface area contributed by atoms with Gasteiger partial charge in [0.15, 0.2) is 0 Å². The Bertz CT molecular complexity index is 654. The lowest BCUT2D eigenvalue weighted by molar-refractivity contribution is 0.193. The Kier molecular flexibility index (Phi) is 5.08. The monoisotopic (exact) mass is 313 g/mol. The number of ether oxygens (including phenoxy) is 2. The fraction of sp³-hybridized carbons (Fsp3) is 0.444. The van der Waals surface area contributed by atoms with Crippen molar-refractivity contribution in [3.8, 4) is 5.75 Å². The predicted octanol–water partition coefficient (Wildman–Crippen LogP) is 3.09. The summed E-state index contributed by atoms with van der Waals surface area (Å²) < 4.78 is 11.2. The molecule has 0 spiro atoms. The number of hydrogen-bond acceptors (Lipinski definition) is 5. The highest BCUT2D eigenvalue weighted by molar-refractivity contribution is 5.36. The summed E-state index contributed by atoms with van der Waals surface area (Å²) in [5.74, 6) is 2.14. The molecule has 1 fully saturated rings. The molecule has 5 heteroatoms. The number of nitrogens with zero attached hydrogens (tertiary/aromatic N) is 2. The number of benzene rings is 1. The van der Waals surface area contributed by atoms with Gasteiger partial charge in [-0.1, -0.05) is 6.07 Å². The van der Waals surface area contributed by atoms with Gasteiger partial charge in [0.1, 0.15) is 24.5 Å². The number of nitrogens with one attached hydrogen (secondary N) is 1. The fourth-order valence-electron chi connectivity index (χ4n) is 2.61. The van der Waals surface area contributed by atoms with Gasteiger partial charge in [0.25, 0.3) is 0 Å². The van der Waals surface area contributed by atoms with Crippen molar-refractivity contribution in [3.05, 3.63) is 47.4 Å². The van der Waals surface area contributed by atoms with Gasteiger partial charge in [0.05, 0.1) is 18.8 Å². The molecule has 1 aliphatic heterocycles. The summed E-state index contributed by atoms with van der Waals surface area (Å²) in [6.45, 7) is 7.06. The molecule has 2 aromatic rings. The van der Waals surface area contributed by atoms with Crippen LogP contribution in [0.3, 0.4) is 0 Å². The normalized spacial score (nSPS) is 17.2. The number of aromatic nitrogens is 2. The second kappa shape index (κ2) is 7.42. The molecule has 0 radical (unpaired) electrons. The molecule has 0 saturated carbocycles. The number of hydrogen-bond donors (Lipinski definition) is 1. The zero-order chi connectivity index (χ0) is 16.1. The molecule has 0 aliphatic carbocycles. The van der Waals surface area contributed by atoms with Crippen LogP contribution in [0.25, 0.3) is 0 Å². The molecule has 23 heavy (non-hydrogen) atoms. The van der Waals surface area contributed by atoms with E-state index in [0.717, 1.165) is 36.9 Å². The predicted molar refractivity (Wildman–Crippen MR) is 90.1 cm³/mol. The lowest BCUT2D eigenvalue weighted by Crippen LogP contribution is -2.13. The summed E-state index contributed by atoms with van der Waals surface area (Å²) >= 11 is 0. The van der Waals surface area contributed by atoms with E-state index in [9.17, 15) is 0 Å². The molecule has 1 saturated heterocycles. The summed E-state index contributed by atoms with van der Waals surface area (Å²) in [6.07, 6.45) is 2.65. The highest BCUT2D eigenvalue weighted by Crippen LogP contribution is 2.24. The summed E-state index contributed by atoms with van der Waals surface area (Å²) in [5, 5.41) is 3.29. The van der Waals surface area contributed by atoms with Crippen molar-refractivity contribution >= 4 is 5.82 Å². The lowest BCUT2D eigenvalue weighted by Gasteiger charge is -2.11. The third kappa shape index (κ3) is 4.20. The quantitative estimate of drug-likeness (QED) is 0.831. The Morgan fingerprint density at radius 3 is 2.91 bits per heavy atom. The highest BCUT2D eigenvalue weighted by atomic mass is 16.5. The first kappa shape index (κ1) is 15.7.